The van der Waals surface area contributed by atoms with Crippen LogP contribution in [0.2, 0.25) is 0 Å². The van der Waals surface area contributed by atoms with Crippen molar-refractivity contribution in [1.29, 1.82) is 0 Å². The Morgan fingerprint density at radius 2 is 1.59 bits per heavy atom. The van der Waals surface area contributed by atoms with Gasteiger partial charge in [0.25, 0.3) is 0 Å². The first-order valence-corrected chi connectivity index (χ1v) is 13.8. The zero-order chi connectivity index (χ0) is 19.5. The molecule has 0 aliphatic heterocycles. The zero-order valence-corrected chi connectivity index (χ0v) is 18.9. The van der Waals surface area contributed by atoms with E-state index in [1.165, 1.54) is 50.5 Å². The molecule has 1 aliphatic carbocycles. The molecule has 2 aromatic carbocycles. The summed E-state index contributed by atoms with van der Waals surface area (Å²) in [6.07, 6.45) is 10.7. The molecule has 5 heteroatoms. The number of nitrogens with zero attached hydrogens (tertiary/aromatic N) is 1. The van der Waals surface area contributed by atoms with Gasteiger partial charge in [0.15, 0.2) is 0 Å². The zero-order valence-electron chi connectivity index (χ0n) is 15.8. The summed E-state index contributed by atoms with van der Waals surface area (Å²) in [5.41, 5.74) is 4.05. The number of rotatable bonds is 3. The van der Waals surface area contributed by atoms with Gasteiger partial charge >= 0.3 is 35.6 Å². The quantitative estimate of drug-likeness (QED) is 0.386. The van der Waals surface area contributed by atoms with Crippen LogP contribution in [0.3, 0.4) is 0 Å². The molecule has 1 fully saturated rings. The molecule has 2 nitrogen and oxygen atoms in total. The van der Waals surface area contributed by atoms with Gasteiger partial charge in [-0.05, 0) is 55.0 Å². The van der Waals surface area contributed by atoms with Gasteiger partial charge in [-0.15, -0.1) is 0 Å². The van der Waals surface area contributed by atoms with Crippen LogP contribution >= 0.6 is 18.6 Å². The van der Waals surface area contributed by atoms with Crippen LogP contribution in [0.25, 0.3) is 0 Å². The Labute approximate surface area is 179 Å². The molecule has 0 atom stereocenters. The molecule has 1 N–H and O–H groups in total. The van der Waals surface area contributed by atoms with Gasteiger partial charge in [0, 0.05) is 11.8 Å². The molecular formula is C22H27Cl2NOTi. The van der Waals surface area contributed by atoms with Crippen molar-refractivity contribution in [3.05, 3.63) is 59.2 Å². The molecule has 144 valence electrons. The van der Waals surface area contributed by atoms with Gasteiger partial charge < -0.3 is 5.11 Å². The van der Waals surface area contributed by atoms with Crippen molar-refractivity contribution >= 4 is 30.5 Å². The molecule has 0 aromatic heterocycles. The van der Waals surface area contributed by atoms with Crippen LogP contribution in [-0.4, -0.2) is 11.3 Å². The molecule has 0 spiro atoms. The monoisotopic (exact) mass is 439 g/mol. The predicted molar refractivity (Wildman–Crippen MR) is 113 cm³/mol. The Balaban J connectivity index is 0.000000817. The van der Waals surface area contributed by atoms with Gasteiger partial charge in [0.1, 0.15) is 5.75 Å². The number of phenols is 1. The van der Waals surface area contributed by atoms with Crippen LogP contribution in [0, 0.1) is 6.92 Å². The third-order valence-corrected chi connectivity index (χ3v) is 4.97. The van der Waals surface area contributed by atoms with Crippen molar-refractivity contribution in [3.63, 3.8) is 0 Å². The van der Waals surface area contributed by atoms with E-state index < -0.39 is 17.0 Å². The molecule has 27 heavy (non-hydrogen) atoms. The van der Waals surface area contributed by atoms with Crippen LogP contribution in [0.4, 0.5) is 5.69 Å². The van der Waals surface area contributed by atoms with Gasteiger partial charge in [-0.1, -0.05) is 56.4 Å². The summed E-state index contributed by atoms with van der Waals surface area (Å²) in [5, 5.41) is 10.8. The van der Waals surface area contributed by atoms with Gasteiger partial charge in [0.2, 0.25) is 0 Å². The second kappa shape index (κ2) is 12.6. The van der Waals surface area contributed by atoms with Crippen molar-refractivity contribution in [1.82, 2.24) is 0 Å². The molecule has 0 radical (unpaired) electrons. The van der Waals surface area contributed by atoms with E-state index >= 15 is 0 Å². The SMILES string of the molecule is Cc1cc(C=Nc2ccccc2)c(O)c(C2CCCCCCC2)c1.[Cl][Ti][Cl]. The summed E-state index contributed by atoms with van der Waals surface area (Å²) >= 11 is -0.556. The number of benzene rings is 2. The van der Waals surface area contributed by atoms with Crippen molar-refractivity contribution < 1.29 is 22.1 Å². The van der Waals surface area contributed by atoms with Crippen LogP contribution in [0.15, 0.2) is 47.5 Å². The number of aliphatic imine (C=N–C) groups is 1. The predicted octanol–water partition coefficient (Wildman–Crippen LogP) is 7.66. The first kappa shape index (κ1) is 22.5. The molecule has 1 aliphatic rings. The van der Waals surface area contributed by atoms with Crippen LogP contribution < -0.4 is 0 Å². The van der Waals surface area contributed by atoms with Gasteiger partial charge in [-0.2, -0.15) is 0 Å². The first-order valence-electron chi connectivity index (χ1n) is 9.54. The Morgan fingerprint density at radius 3 is 2.22 bits per heavy atom. The molecule has 3 rings (SSSR count). The number of halogens is 2. The summed E-state index contributed by atoms with van der Waals surface area (Å²) in [4.78, 5) is 4.51. The Kier molecular flexibility index (Phi) is 10.5. The van der Waals surface area contributed by atoms with Gasteiger partial charge in [0.05, 0.1) is 5.69 Å². The molecule has 0 amide bonds. The Hall–Kier alpha value is -0.796. The fourth-order valence-electron chi connectivity index (χ4n) is 3.67. The van der Waals surface area contributed by atoms with Crippen LogP contribution in [-0.2, 0) is 17.0 Å². The molecule has 2 aromatic rings. The Bertz CT molecular complexity index is 714. The standard InChI is InChI=1S/C22H27NO.2ClH.Ti/c1-17-14-19(16-23-20-12-8-5-9-13-20)22(24)21(15-17)18-10-6-3-2-4-7-11-18;;;/h5,8-9,12-16,18,24H,2-4,6-7,10-11H2,1H3;2*1H;/q;;;+2/p-2. The van der Waals surface area contributed by atoms with Crippen LogP contribution in [0.5, 0.6) is 5.75 Å². The topological polar surface area (TPSA) is 32.6 Å². The molecule has 0 unspecified atom stereocenters. The second-order valence-corrected chi connectivity index (χ2v) is 9.58. The third-order valence-electron chi connectivity index (χ3n) is 4.97. The van der Waals surface area contributed by atoms with E-state index in [1.54, 1.807) is 6.21 Å². The minimum atomic E-state index is -0.556. The summed E-state index contributed by atoms with van der Waals surface area (Å²) in [6, 6.07) is 14.1. The fourth-order valence-corrected chi connectivity index (χ4v) is 3.67. The van der Waals surface area contributed by atoms with Crippen molar-refractivity contribution in [2.45, 2.75) is 57.8 Å². The van der Waals surface area contributed by atoms with Crippen LogP contribution in [0.1, 0.15) is 67.6 Å². The maximum atomic E-state index is 10.8. The fraction of sp³-hybridized carbons (Fsp3) is 0.409. The van der Waals surface area contributed by atoms with E-state index in [0.29, 0.717) is 11.7 Å². The molecular weight excluding hydrogens is 413 g/mol. The van der Waals surface area contributed by atoms with E-state index in [1.807, 2.05) is 36.4 Å². The average Bonchev–Trinajstić information content (AvgIpc) is 2.64. The van der Waals surface area contributed by atoms with Crippen molar-refractivity contribution in [2.75, 3.05) is 0 Å². The van der Waals surface area contributed by atoms with E-state index in [2.05, 4.69) is 18.0 Å². The summed E-state index contributed by atoms with van der Waals surface area (Å²) in [7, 11) is 9.78. The Morgan fingerprint density at radius 1 is 1.00 bits per heavy atom. The minimum absolute atomic E-state index is 0.422. The normalized spacial score (nSPS) is 15.5. The third kappa shape index (κ3) is 7.62. The number of hydrogen-bond acceptors (Lipinski definition) is 2. The van der Waals surface area contributed by atoms with Gasteiger partial charge in [-0.3, -0.25) is 4.99 Å². The molecule has 1 saturated carbocycles. The molecule has 0 bridgehead atoms. The number of phenolic OH excluding ortho intramolecular Hbond substituents is 1. The van der Waals surface area contributed by atoms with E-state index in [0.717, 1.165) is 16.8 Å². The summed E-state index contributed by atoms with van der Waals surface area (Å²) in [5.74, 6) is 0.903. The number of para-hydroxylation sites is 1. The summed E-state index contributed by atoms with van der Waals surface area (Å²) < 4.78 is 0. The number of aryl methyl sites for hydroxylation is 1. The maximum absolute atomic E-state index is 10.8. The van der Waals surface area contributed by atoms with Gasteiger partial charge in [-0.25, -0.2) is 0 Å². The van der Waals surface area contributed by atoms with E-state index in [-0.39, 0.29) is 0 Å². The average molecular weight is 440 g/mol. The van der Waals surface area contributed by atoms with Crippen molar-refractivity contribution in [3.8, 4) is 5.75 Å². The second-order valence-electron chi connectivity index (χ2n) is 7.00. The number of hydrogen-bond donors (Lipinski definition) is 1. The molecule has 0 saturated heterocycles. The summed E-state index contributed by atoms with van der Waals surface area (Å²) in [6.45, 7) is 2.10. The van der Waals surface area contributed by atoms with Crippen molar-refractivity contribution in [2.24, 2.45) is 4.99 Å². The first-order chi connectivity index (χ1) is 13.2. The van der Waals surface area contributed by atoms with E-state index in [9.17, 15) is 5.11 Å². The van der Waals surface area contributed by atoms with E-state index in [4.69, 9.17) is 18.6 Å². The molecule has 0 heterocycles. The number of aromatic hydroxyl groups is 1.